The van der Waals surface area contributed by atoms with Crippen molar-refractivity contribution in [2.24, 2.45) is 5.92 Å². The van der Waals surface area contributed by atoms with Crippen molar-refractivity contribution < 1.29 is 9.90 Å². The molecule has 3 heteroatoms. The highest BCUT2D eigenvalue weighted by atomic mass is 16.4. The fourth-order valence-corrected chi connectivity index (χ4v) is 2.10. The van der Waals surface area contributed by atoms with Crippen LogP contribution in [0, 0.1) is 5.92 Å². The Bertz CT molecular complexity index is 337. The second kappa shape index (κ2) is 4.45. The summed E-state index contributed by atoms with van der Waals surface area (Å²) in [4.78, 5) is 10.7. The van der Waals surface area contributed by atoms with Crippen molar-refractivity contribution in [2.75, 3.05) is 6.54 Å². The summed E-state index contributed by atoms with van der Waals surface area (Å²) in [5.74, 6) is -0.279. The number of hydrogen-bond donors (Lipinski definition) is 2. The van der Waals surface area contributed by atoms with Gasteiger partial charge in [0.15, 0.2) is 0 Å². The number of carbonyl (C=O) groups is 1. The van der Waals surface area contributed by atoms with Gasteiger partial charge in [0.1, 0.15) is 6.04 Å². The molecule has 2 atom stereocenters. The highest BCUT2D eigenvalue weighted by molar-refractivity contribution is 5.73. The van der Waals surface area contributed by atoms with E-state index in [0.717, 1.165) is 19.4 Å². The molecule has 0 bridgehead atoms. The van der Waals surface area contributed by atoms with Gasteiger partial charge in [0.25, 0.3) is 0 Å². The molecular formula is C12H15NO2. The van der Waals surface area contributed by atoms with E-state index >= 15 is 0 Å². The zero-order valence-electron chi connectivity index (χ0n) is 8.52. The van der Waals surface area contributed by atoms with Crippen molar-refractivity contribution in [1.29, 1.82) is 0 Å². The number of benzene rings is 1. The third-order valence-electron chi connectivity index (χ3n) is 2.89. The fourth-order valence-electron chi connectivity index (χ4n) is 2.10. The Labute approximate surface area is 89.1 Å². The zero-order valence-corrected chi connectivity index (χ0v) is 8.52. The lowest BCUT2D eigenvalue weighted by molar-refractivity contribution is -0.139. The molecule has 15 heavy (non-hydrogen) atoms. The Balaban J connectivity index is 1.90. The monoisotopic (exact) mass is 205 g/mol. The number of hydrogen-bond acceptors (Lipinski definition) is 2. The molecule has 1 fully saturated rings. The van der Waals surface area contributed by atoms with E-state index in [2.05, 4.69) is 17.4 Å². The van der Waals surface area contributed by atoms with Crippen molar-refractivity contribution >= 4 is 5.97 Å². The third kappa shape index (κ3) is 2.57. The maximum atomic E-state index is 10.7. The molecule has 1 aliphatic heterocycles. The molecule has 1 saturated heterocycles. The summed E-state index contributed by atoms with van der Waals surface area (Å²) in [7, 11) is 0. The molecule has 0 amide bonds. The minimum absolute atomic E-state index is 0.348. The molecule has 0 spiro atoms. The van der Waals surface area contributed by atoms with Crippen LogP contribution in [0.3, 0.4) is 0 Å². The maximum Gasteiger partial charge on any atom is 0.320 e. The standard InChI is InChI=1S/C12H15NO2/c14-12(15)11-7-10(8-13-11)6-9-4-2-1-3-5-9/h1-5,10-11,13H,6-8H2,(H,14,15)/t10?,11-/m0/s1. The van der Waals surface area contributed by atoms with Crippen LogP contribution in [-0.4, -0.2) is 23.7 Å². The van der Waals surface area contributed by atoms with E-state index in [1.807, 2.05) is 18.2 Å². The summed E-state index contributed by atoms with van der Waals surface area (Å²) in [6.45, 7) is 0.811. The lowest BCUT2D eigenvalue weighted by Gasteiger charge is -2.07. The lowest BCUT2D eigenvalue weighted by atomic mass is 9.97. The Morgan fingerprint density at radius 1 is 1.40 bits per heavy atom. The van der Waals surface area contributed by atoms with Gasteiger partial charge in [0.05, 0.1) is 0 Å². The van der Waals surface area contributed by atoms with Crippen molar-refractivity contribution in [2.45, 2.75) is 18.9 Å². The second-order valence-corrected chi connectivity index (χ2v) is 4.09. The van der Waals surface area contributed by atoms with E-state index in [9.17, 15) is 4.79 Å². The molecule has 0 saturated carbocycles. The van der Waals surface area contributed by atoms with Crippen LogP contribution in [0.2, 0.25) is 0 Å². The molecule has 0 aromatic heterocycles. The molecule has 2 N–H and O–H groups in total. The van der Waals surface area contributed by atoms with Crippen LogP contribution in [0.15, 0.2) is 30.3 Å². The number of carboxylic acid groups (broad SMARTS) is 1. The van der Waals surface area contributed by atoms with Gasteiger partial charge < -0.3 is 10.4 Å². The smallest absolute Gasteiger partial charge is 0.320 e. The maximum absolute atomic E-state index is 10.7. The number of aliphatic carboxylic acids is 1. The second-order valence-electron chi connectivity index (χ2n) is 4.09. The molecule has 2 rings (SSSR count). The quantitative estimate of drug-likeness (QED) is 0.781. The Kier molecular flexibility index (Phi) is 3.02. The van der Waals surface area contributed by atoms with Crippen LogP contribution in [0.25, 0.3) is 0 Å². The summed E-state index contributed by atoms with van der Waals surface area (Å²) in [6, 6.07) is 9.87. The highest BCUT2D eigenvalue weighted by Gasteiger charge is 2.28. The molecule has 1 heterocycles. The topological polar surface area (TPSA) is 49.3 Å². The molecule has 0 radical (unpaired) electrons. The van der Waals surface area contributed by atoms with E-state index < -0.39 is 5.97 Å². The predicted molar refractivity (Wildman–Crippen MR) is 57.7 cm³/mol. The van der Waals surface area contributed by atoms with Gasteiger partial charge in [0, 0.05) is 0 Å². The first-order valence-corrected chi connectivity index (χ1v) is 5.26. The van der Waals surface area contributed by atoms with E-state index in [1.54, 1.807) is 0 Å². The number of carboxylic acids is 1. The first-order chi connectivity index (χ1) is 7.25. The first kappa shape index (κ1) is 10.2. The van der Waals surface area contributed by atoms with Crippen molar-refractivity contribution in [3.05, 3.63) is 35.9 Å². The average molecular weight is 205 g/mol. The first-order valence-electron chi connectivity index (χ1n) is 5.26. The van der Waals surface area contributed by atoms with Gasteiger partial charge in [-0.05, 0) is 30.9 Å². The van der Waals surface area contributed by atoms with Crippen LogP contribution >= 0.6 is 0 Å². The van der Waals surface area contributed by atoms with Crippen LogP contribution in [0.4, 0.5) is 0 Å². The third-order valence-corrected chi connectivity index (χ3v) is 2.89. The summed E-state index contributed by atoms with van der Waals surface area (Å²) in [5.41, 5.74) is 1.29. The summed E-state index contributed by atoms with van der Waals surface area (Å²) in [5, 5.41) is 11.9. The minimum atomic E-state index is -0.731. The van der Waals surface area contributed by atoms with Gasteiger partial charge in [-0.1, -0.05) is 30.3 Å². The van der Waals surface area contributed by atoms with E-state index in [-0.39, 0.29) is 6.04 Å². The minimum Gasteiger partial charge on any atom is -0.480 e. The van der Waals surface area contributed by atoms with Gasteiger partial charge in [0.2, 0.25) is 0 Å². The molecule has 0 aliphatic carbocycles. The van der Waals surface area contributed by atoms with Gasteiger partial charge in [-0.25, -0.2) is 0 Å². The van der Waals surface area contributed by atoms with Gasteiger partial charge in [-0.2, -0.15) is 0 Å². The van der Waals surface area contributed by atoms with E-state index in [1.165, 1.54) is 5.56 Å². The van der Waals surface area contributed by atoms with Crippen molar-refractivity contribution in [3.63, 3.8) is 0 Å². The molecule has 3 nitrogen and oxygen atoms in total. The summed E-state index contributed by atoms with van der Waals surface area (Å²) < 4.78 is 0. The fraction of sp³-hybridized carbons (Fsp3) is 0.417. The largest absolute Gasteiger partial charge is 0.480 e. The summed E-state index contributed by atoms with van der Waals surface area (Å²) >= 11 is 0. The van der Waals surface area contributed by atoms with Gasteiger partial charge >= 0.3 is 5.97 Å². The molecular weight excluding hydrogens is 190 g/mol. The van der Waals surface area contributed by atoms with Gasteiger partial charge in [-0.3, -0.25) is 4.79 Å². The SMILES string of the molecule is O=C(O)[C@@H]1CC(Cc2ccccc2)CN1. The van der Waals surface area contributed by atoms with E-state index in [4.69, 9.17) is 5.11 Å². The molecule has 1 unspecified atom stereocenters. The predicted octanol–water partition coefficient (Wildman–Crippen LogP) is 1.29. The van der Waals surface area contributed by atoms with Crippen LogP contribution in [0.1, 0.15) is 12.0 Å². The van der Waals surface area contributed by atoms with Gasteiger partial charge in [-0.15, -0.1) is 0 Å². The number of nitrogens with one attached hydrogen (secondary N) is 1. The van der Waals surface area contributed by atoms with E-state index in [0.29, 0.717) is 5.92 Å². The highest BCUT2D eigenvalue weighted by Crippen LogP contribution is 2.19. The zero-order chi connectivity index (χ0) is 10.7. The molecule has 1 aromatic rings. The Morgan fingerprint density at radius 2 is 2.13 bits per heavy atom. The summed E-state index contributed by atoms with van der Waals surface area (Å²) in [6.07, 6.45) is 1.71. The van der Waals surface area contributed by atoms with Crippen molar-refractivity contribution in [1.82, 2.24) is 5.32 Å². The number of rotatable bonds is 3. The van der Waals surface area contributed by atoms with Crippen molar-refractivity contribution in [3.8, 4) is 0 Å². The molecule has 1 aliphatic rings. The Hall–Kier alpha value is -1.35. The Morgan fingerprint density at radius 3 is 2.73 bits per heavy atom. The molecule has 80 valence electrons. The van der Waals surface area contributed by atoms with Crippen LogP contribution in [0.5, 0.6) is 0 Å². The molecule has 1 aromatic carbocycles. The van der Waals surface area contributed by atoms with Crippen LogP contribution < -0.4 is 5.32 Å². The normalized spacial score (nSPS) is 25.3. The van der Waals surface area contributed by atoms with Crippen LogP contribution in [-0.2, 0) is 11.2 Å². The average Bonchev–Trinajstić information content (AvgIpc) is 2.68. The lowest BCUT2D eigenvalue weighted by Crippen LogP contribution is -2.29.